The molecule has 1 aromatic carbocycles. The van der Waals surface area contributed by atoms with Crippen molar-refractivity contribution in [3.8, 4) is 0 Å². The SMILES string of the molecule is CC(C)(C)C1CCN(C(=O)OCc2ccccc2)CC1. The Labute approximate surface area is 121 Å². The topological polar surface area (TPSA) is 29.5 Å². The number of piperidine rings is 1. The van der Waals surface area contributed by atoms with Gasteiger partial charge in [0.25, 0.3) is 0 Å². The van der Waals surface area contributed by atoms with Gasteiger partial charge in [0.15, 0.2) is 0 Å². The molecular weight excluding hydrogens is 250 g/mol. The van der Waals surface area contributed by atoms with Gasteiger partial charge in [0.1, 0.15) is 6.61 Å². The van der Waals surface area contributed by atoms with E-state index >= 15 is 0 Å². The van der Waals surface area contributed by atoms with Crippen molar-refractivity contribution in [2.75, 3.05) is 13.1 Å². The number of benzene rings is 1. The van der Waals surface area contributed by atoms with Crippen molar-refractivity contribution in [2.24, 2.45) is 11.3 Å². The van der Waals surface area contributed by atoms with Crippen LogP contribution in [0.3, 0.4) is 0 Å². The van der Waals surface area contributed by atoms with Crippen LogP contribution < -0.4 is 0 Å². The summed E-state index contributed by atoms with van der Waals surface area (Å²) in [5, 5.41) is 0. The van der Waals surface area contributed by atoms with Gasteiger partial charge in [-0.3, -0.25) is 0 Å². The van der Waals surface area contributed by atoms with Crippen molar-refractivity contribution in [3.05, 3.63) is 35.9 Å². The summed E-state index contributed by atoms with van der Waals surface area (Å²) in [5.41, 5.74) is 1.37. The Kier molecular flexibility index (Phi) is 4.69. The van der Waals surface area contributed by atoms with Crippen LogP contribution in [0.5, 0.6) is 0 Å². The van der Waals surface area contributed by atoms with Crippen molar-refractivity contribution in [1.29, 1.82) is 0 Å². The number of amides is 1. The quantitative estimate of drug-likeness (QED) is 0.814. The lowest BCUT2D eigenvalue weighted by Crippen LogP contribution is -2.41. The monoisotopic (exact) mass is 275 g/mol. The Bertz CT molecular complexity index is 428. The first kappa shape index (κ1) is 14.9. The minimum absolute atomic E-state index is 0.179. The first-order chi connectivity index (χ1) is 9.47. The average Bonchev–Trinajstić information content (AvgIpc) is 2.45. The maximum atomic E-state index is 12.0. The van der Waals surface area contributed by atoms with E-state index < -0.39 is 0 Å². The molecule has 1 aliphatic heterocycles. The molecule has 0 spiro atoms. The summed E-state index contributed by atoms with van der Waals surface area (Å²) in [4.78, 5) is 13.9. The van der Waals surface area contributed by atoms with Crippen molar-refractivity contribution in [2.45, 2.75) is 40.2 Å². The zero-order valence-electron chi connectivity index (χ0n) is 12.8. The van der Waals surface area contributed by atoms with Gasteiger partial charge in [0.05, 0.1) is 0 Å². The third kappa shape index (κ3) is 3.99. The first-order valence-corrected chi connectivity index (χ1v) is 7.42. The van der Waals surface area contributed by atoms with E-state index in [1.807, 2.05) is 35.2 Å². The molecule has 1 saturated heterocycles. The number of carbonyl (C=O) groups is 1. The molecule has 1 aromatic rings. The highest BCUT2D eigenvalue weighted by Crippen LogP contribution is 2.34. The molecule has 0 aromatic heterocycles. The number of nitrogens with zero attached hydrogens (tertiary/aromatic N) is 1. The predicted molar refractivity (Wildman–Crippen MR) is 80.4 cm³/mol. The normalized spacial score (nSPS) is 17.1. The molecule has 0 radical (unpaired) electrons. The molecule has 2 rings (SSSR count). The van der Waals surface area contributed by atoms with Gasteiger partial charge in [-0.05, 0) is 29.7 Å². The Balaban J connectivity index is 1.78. The molecule has 0 N–H and O–H groups in total. The lowest BCUT2D eigenvalue weighted by molar-refractivity contribution is 0.0665. The zero-order valence-corrected chi connectivity index (χ0v) is 12.8. The molecule has 0 aliphatic carbocycles. The van der Waals surface area contributed by atoms with Gasteiger partial charge in [-0.2, -0.15) is 0 Å². The van der Waals surface area contributed by atoms with Gasteiger partial charge >= 0.3 is 6.09 Å². The molecule has 1 aliphatic rings. The largest absolute Gasteiger partial charge is 0.445 e. The Morgan fingerprint density at radius 3 is 2.35 bits per heavy atom. The molecule has 110 valence electrons. The van der Waals surface area contributed by atoms with E-state index in [0.717, 1.165) is 31.5 Å². The molecule has 0 saturated carbocycles. The fourth-order valence-corrected chi connectivity index (χ4v) is 2.74. The molecule has 20 heavy (non-hydrogen) atoms. The summed E-state index contributed by atoms with van der Waals surface area (Å²) in [6.07, 6.45) is 1.97. The van der Waals surface area contributed by atoms with Crippen LogP contribution in [0.2, 0.25) is 0 Å². The van der Waals surface area contributed by atoms with Crippen LogP contribution in [0.15, 0.2) is 30.3 Å². The Morgan fingerprint density at radius 1 is 1.20 bits per heavy atom. The highest BCUT2D eigenvalue weighted by atomic mass is 16.6. The molecular formula is C17H25NO2. The molecule has 1 fully saturated rings. The summed E-state index contributed by atoms with van der Waals surface area (Å²) in [7, 11) is 0. The second kappa shape index (κ2) is 6.29. The first-order valence-electron chi connectivity index (χ1n) is 7.42. The minimum Gasteiger partial charge on any atom is -0.445 e. The van der Waals surface area contributed by atoms with Crippen LogP contribution in [0.4, 0.5) is 4.79 Å². The number of hydrogen-bond acceptors (Lipinski definition) is 2. The van der Waals surface area contributed by atoms with Gasteiger partial charge in [-0.25, -0.2) is 4.79 Å². The third-order valence-corrected chi connectivity index (χ3v) is 4.18. The average molecular weight is 275 g/mol. The molecule has 1 amide bonds. The molecule has 0 bridgehead atoms. The highest BCUT2D eigenvalue weighted by molar-refractivity contribution is 5.67. The van der Waals surface area contributed by atoms with E-state index in [-0.39, 0.29) is 6.09 Å². The van der Waals surface area contributed by atoms with Crippen LogP contribution in [0.25, 0.3) is 0 Å². The number of hydrogen-bond donors (Lipinski definition) is 0. The van der Waals surface area contributed by atoms with Gasteiger partial charge < -0.3 is 9.64 Å². The van der Waals surface area contributed by atoms with Crippen LogP contribution in [-0.4, -0.2) is 24.1 Å². The van der Waals surface area contributed by atoms with E-state index in [4.69, 9.17) is 4.74 Å². The summed E-state index contributed by atoms with van der Waals surface area (Å²) < 4.78 is 5.38. The Hall–Kier alpha value is -1.51. The van der Waals surface area contributed by atoms with Crippen LogP contribution in [0.1, 0.15) is 39.2 Å². The van der Waals surface area contributed by atoms with Gasteiger partial charge in [0, 0.05) is 13.1 Å². The number of carbonyl (C=O) groups excluding carboxylic acids is 1. The summed E-state index contributed by atoms with van der Waals surface area (Å²) in [5.74, 6) is 0.695. The van der Waals surface area contributed by atoms with Crippen LogP contribution in [0, 0.1) is 11.3 Å². The van der Waals surface area contributed by atoms with Crippen molar-refractivity contribution >= 4 is 6.09 Å². The lowest BCUT2D eigenvalue weighted by Gasteiger charge is -2.38. The molecule has 0 atom stereocenters. The van der Waals surface area contributed by atoms with E-state index in [1.54, 1.807) is 0 Å². The molecule has 3 nitrogen and oxygen atoms in total. The minimum atomic E-state index is -0.179. The second-order valence-corrected chi connectivity index (χ2v) is 6.67. The number of rotatable bonds is 2. The van der Waals surface area contributed by atoms with E-state index in [9.17, 15) is 4.79 Å². The van der Waals surface area contributed by atoms with Gasteiger partial charge in [-0.1, -0.05) is 51.1 Å². The maximum absolute atomic E-state index is 12.0. The van der Waals surface area contributed by atoms with Crippen molar-refractivity contribution in [3.63, 3.8) is 0 Å². The smallest absolute Gasteiger partial charge is 0.410 e. The van der Waals surface area contributed by atoms with Crippen molar-refractivity contribution in [1.82, 2.24) is 4.90 Å². The standard InChI is InChI=1S/C17H25NO2/c1-17(2,3)15-9-11-18(12-10-15)16(19)20-13-14-7-5-4-6-8-14/h4-8,15H,9-13H2,1-3H3. The summed E-state index contributed by atoms with van der Waals surface area (Å²) in [6.45, 7) is 8.83. The fraction of sp³-hybridized carbons (Fsp3) is 0.588. The molecule has 3 heteroatoms. The maximum Gasteiger partial charge on any atom is 0.410 e. The zero-order chi connectivity index (χ0) is 14.6. The predicted octanol–water partition coefficient (Wildman–Crippen LogP) is 4.08. The summed E-state index contributed by atoms with van der Waals surface area (Å²) >= 11 is 0. The molecule has 1 heterocycles. The van der Waals surface area contributed by atoms with E-state index in [2.05, 4.69) is 20.8 Å². The van der Waals surface area contributed by atoms with Gasteiger partial charge in [0.2, 0.25) is 0 Å². The van der Waals surface area contributed by atoms with Crippen molar-refractivity contribution < 1.29 is 9.53 Å². The number of ether oxygens (including phenoxy) is 1. The van der Waals surface area contributed by atoms with E-state index in [0.29, 0.717) is 17.9 Å². The third-order valence-electron chi connectivity index (χ3n) is 4.18. The fourth-order valence-electron chi connectivity index (χ4n) is 2.74. The van der Waals surface area contributed by atoms with Crippen LogP contribution >= 0.6 is 0 Å². The Morgan fingerprint density at radius 2 is 1.80 bits per heavy atom. The number of likely N-dealkylation sites (tertiary alicyclic amines) is 1. The van der Waals surface area contributed by atoms with E-state index in [1.165, 1.54) is 0 Å². The van der Waals surface area contributed by atoms with Crippen LogP contribution in [-0.2, 0) is 11.3 Å². The molecule has 0 unspecified atom stereocenters. The summed E-state index contributed by atoms with van der Waals surface area (Å²) in [6, 6.07) is 9.82. The van der Waals surface area contributed by atoms with Gasteiger partial charge in [-0.15, -0.1) is 0 Å². The lowest BCUT2D eigenvalue weighted by atomic mass is 9.75. The highest BCUT2D eigenvalue weighted by Gasteiger charge is 2.30. The second-order valence-electron chi connectivity index (χ2n) is 6.67.